The third kappa shape index (κ3) is 3.55. The summed E-state index contributed by atoms with van der Waals surface area (Å²) in [6.07, 6.45) is 0. The van der Waals surface area contributed by atoms with Crippen molar-refractivity contribution in [1.29, 1.82) is 0 Å². The van der Waals surface area contributed by atoms with Crippen molar-refractivity contribution in [3.8, 4) is 0 Å². The highest BCUT2D eigenvalue weighted by atomic mass is 79.9. The molecule has 0 atom stereocenters. The van der Waals surface area contributed by atoms with Crippen LogP contribution in [0.4, 0.5) is 17.1 Å². The van der Waals surface area contributed by atoms with Crippen molar-refractivity contribution in [3.63, 3.8) is 0 Å². The van der Waals surface area contributed by atoms with Crippen LogP contribution in [-0.4, -0.2) is 15.5 Å². The number of nitrogens with one attached hydrogen (secondary N) is 2. The van der Waals surface area contributed by atoms with Crippen LogP contribution in [0.5, 0.6) is 0 Å². The Hall–Kier alpha value is -1.57. The van der Waals surface area contributed by atoms with Crippen molar-refractivity contribution in [2.75, 3.05) is 18.1 Å². The number of hydrogen-bond acceptors (Lipinski definition) is 4. The smallest absolute Gasteiger partial charge is 0.240 e. The molecule has 0 radical (unpaired) electrons. The summed E-state index contributed by atoms with van der Waals surface area (Å²) in [6, 6.07) is 10.3. The fraction of sp³-hybridized carbons (Fsp3) is 0.143. The lowest BCUT2D eigenvalue weighted by Gasteiger charge is -2.12. The zero-order chi connectivity index (χ0) is 15.6. The largest absolute Gasteiger partial charge is 0.397 e. The molecule has 0 unspecified atom stereocenters. The minimum Gasteiger partial charge on any atom is -0.397 e. The molecule has 0 saturated heterocycles. The molecule has 0 bridgehead atoms. The molecule has 4 N–H and O–H groups in total. The molecule has 0 saturated carbocycles. The van der Waals surface area contributed by atoms with E-state index in [1.54, 1.807) is 6.07 Å². The molecule has 0 fully saturated rings. The van der Waals surface area contributed by atoms with Gasteiger partial charge in [0.25, 0.3) is 0 Å². The predicted molar refractivity (Wildman–Crippen MR) is 89.3 cm³/mol. The minimum absolute atomic E-state index is 0.160. The Morgan fingerprint density at radius 1 is 1.14 bits per heavy atom. The summed E-state index contributed by atoms with van der Waals surface area (Å²) in [5.74, 6) is 0. The maximum absolute atomic E-state index is 11.8. The van der Waals surface area contributed by atoms with Gasteiger partial charge in [-0.25, -0.2) is 13.1 Å². The maximum Gasteiger partial charge on any atom is 0.240 e. The third-order valence-electron chi connectivity index (χ3n) is 3.05. The van der Waals surface area contributed by atoms with Gasteiger partial charge in [0, 0.05) is 10.2 Å². The van der Waals surface area contributed by atoms with Crippen LogP contribution in [0.2, 0.25) is 0 Å². The van der Waals surface area contributed by atoms with Crippen molar-refractivity contribution in [3.05, 3.63) is 46.4 Å². The van der Waals surface area contributed by atoms with E-state index in [2.05, 4.69) is 26.0 Å². The quantitative estimate of drug-likeness (QED) is 0.723. The molecule has 0 amide bonds. The summed E-state index contributed by atoms with van der Waals surface area (Å²) in [5.41, 5.74) is 8.85. The molecule has 2 aromatic carbocycles. The van der Waals surface area contributed by atoms with E-state index >= 15 is 0 Å². The van der Waals surface area contributed by atoms with E-state index in [0.29, 0.717) is 11.4 Å². The van der Waals surface area contributed by atoms with Gasteiger partial charge in [-0.3, -0.25) is 0 Å². The van der Waals surface area contributed by atoms with Gasteiger partial charge in [0.15, 0.2) is 0 Å². The summed E-state index contributed by atoms with van der Waals surface area (Å²) in [7, 11) is -2.13. The van der Waals surface area contributed by atoms with E-state index in [1.807, 2.05) is 25.1 Å². The number of sulfonamides is 1. The molecule has 2 aromatic rings. The van der Waals surface area contributed by atoms with Crippen molar-refractivity contribution < 1.29 is 8.42 Å². The highest BCUT2D eigenvalue weighted by Crippen LogP contribution is 2.28. The van der Waals surface area contributed by atoms with Crippen molar-refractivity contribution >= 4 is 43.0 Å². The average molecular weight is 370 g/mol. The molecule has 5 nitrogen and oxygen atoms in total. The zero-order valence-corrected chi connectivity index (χ0v) is 14.0. The topological polar surface area (TPSA) is 84.2 Å². The normalized spacial score (nSPS) is 11.4. The second-order valence-corrected chi connectivity index (χ2v) is 7.29. The lowest BCUT2D eigenvalue weighted by molar-refractivity contribution is 0.588. The van der Waals surface area contributed by atoms with Crippen LogP contribution >= 0.6 is 15.9 Å². The average Bonchev–Trinajstić information content (AvgIpc) is 2.45. The van der Waals surface area contributed by atoms with E-state index in [9.17, 15) is 8.42 Å². The third-order valence-corrected chi connectivity index (χ3v) is 5.32. The van der Waals surface area contributed by atoms with Crippen LogP contribution in [0.3, 0.4) is 0 Å². The first-order valence-corrected chi connectivity index (χ1v) is 8.47. The number of rotatable bonds is 4. The van der Waals surface area contributed by atoms with Crippen LogP contribution in [0.15, 0.2) is 45.8 Å². The molecule has 0 aliphatic heterocycles. The highest BCUT2D eigenvalue weighted by molar-refractivity contribution is 9.10. The van der Waals surface area contributed by atoms with Crippen LogP contribution in [-0.2, 0) is 10.0 Å². The summed E-state index contributed by atoms with van der Waals surface area (Å²) >= 11 is 3.46. The number of nitrogens with two attached hydrogens (primary N) is 1. The standard InChI is InChI=1S/C14H16BrN3O2S/c1-9-3-4-10(7-12(9)15)18-14-8-11(5-6-13(14)16)21(19,20)17-2/h3-8,17-18H,16H2,1-2H3. The molecule has 0 aliphatic carbocycles. The fourth-order valence-electron chi connectivity index (χ4n) is 1.75. The summed E-state index contributed by atoms with van der Waals surface area (Å²) < 4.78 is 26.9. The molecule has 7 heteroatoms. The first-order valence-electron chi connectivity index (χ1n) is 6.20. The van der Waals surface area contributed by atoms with E-state index in [-0.39, 0.29) is 4.90 Å². The lowest BCUT2D eigenvalue weighted by atomic mass is 10.2. The Kier molecular flexibility index (Phi) is 4.55. The van der Waals surface area contributed by atoms with Gasteiger partial charge >= 0.3 is 0 Å². The first-order chi connectivity index (χ1) is 9.83. The van der Waals surface area contributed by atoms with Crippen LogP contribution in [0.25, 0.3) is 0 Å². The number of benzene rings is 2. The molecule has 0 heterocycles. The molecule has 2 rings (SSSR count). The van der Waals surface area contributed by atoms with Gasteiger partial charge in [-0.15, -0.1) is 0 Å². The lowest BCUT2D eigenvalue weighted by Crippen LogP contribution is -2.18. The summed E-state index contributed by atoms with van der Waals surface area (Å²) in [4.78, 5) is 0.160. The van der Waals surface area contributed by atoms with Crippen LogP contribution in [0.1, 0.15) is 5.56 Å². The van der Waals surface area contributed by atoms with E-state index < -0.39 is 10.0 Å². The number of halogens is 1. The molecule has 21 heavy (non-hydrogen) atoms. The minimum atomic E-state index is -3.50. The Balaban J connectivity index is 2.39. The molecular weight excluding hydrogens is 354 g/mol. The van der Waals surface area contributed by atoms with Gasteiger partial charge in [-0.1, -0.05) is 22.0 Å². The number of nitrogen functional groups attached to an aromatic ring is 1. The predicted octanol–water partition coefficient (Wildman–Crippen LogP) is 2.99. The van der Waals surface area contributed by atoms with E-state index in [4.69, 9.17) is 5.73 Å². The van der Waals surface area contributed by atoms with Gasteiger partial charge in [-0.05, 0) is 49.9 Å². The Labute approximate surface area is 132 Å². The Morgan fingerprint density at radius 2 is 1.86 bits per heavy atom. The second-order valence-electron chi connectivity index (χ2n) is 4.55. The summed E-state index contributed by atoms with van der Waals surface area (Å²) in [5, 5.41) is 3.13. The van der Waals surface area contributed by atoms with Crippen molar-refractivity contribution in [2.45, 2.75) is 11.8 Å². The number of aryl methyl sites for hydroxylation is 1. The van der Waals surface area contributed by atoms with Crippen LogP contribution < -0.4 is 15.8 Å². The molecule has 0 aromatic heterocycles. The van der Waals surface area contributed by atoms with Crippen molar-refractivity contribution in [2.24, 2.45) is 0 Å². The first kappa shape index (κ1) is 15.8. The fourth-order valence-corrected chi connectivity index (χ4v) is 2.89. The monoisotopic (exact) mass is 369 g/mol. The highest BCUT2D eigenvalue weighted by Gasteiger charge is 2.13. The molecule has 0 aliphatic rings. The summed E-state index contributed by atoms with van der Waals surface area (Å²) in [6.45, 7) is 1.99. The molecule has 112 valence electrons. The Bertz CT molecular complexity index is 776. The van der Waals surface area contributed by atoms with Gasteiger partial charge in [0.1, 0.15) is 0 Å². The second kappa shape index (κ2) is 6.05. The van der Waals surface area contributed by atoms with Gasteiger partial charge in [0.05, 0.1) is 16.3 Å². The number of anilines is 3. The van der Waals surface area contributed by atoms with Gasteiger partial charge in [-0.2, -0.15) is 0 Å². The SMILES string of the molecule is CNS(=O)(=O)c1ccc(N)c(Nc2ccc(C)c(Br)c2)c1. The van der Waals surface area contributed by atoms with Gasteiger partial charge < -0.3 is 11.1 Å². The molecular formula is C14H16BrN3O2S. The van der Waals surface area contributed by atoms with E-state index in [1.165, 1.54) is 19.2 Å². The van der Waals surface area contributed by atoms with Crippen molar-refractivity contribution in [1.82, 2.24) is 4.72 Å². The number of hydrogen-bond donors (Lipinski definition) is 3. The maximum atomic E-state index is 11.8. The van der Waals surface area contributed by atoms with Crippen LogP contribution in [0, 0.1) is 6.92 Å². The Morgan fingerprint density at radius 3 is 2.48 bits per heavy atom. The van der Waals surface area contributed by atoms with Gasteiger partial charge in [0.2, 0.25) is 10.0 Å². The van der Waals surface area contributed by atoms with E-state index in [0.717, 1.165) is 15.7 Å². The zero-order valence-electron chi connectivity index (χ0n) is 11.6. The molecule has 0 spiro atoms.